The Hall–Kier alpha value is -2.00. The first-order valence-corrected chi connectivity index (χ1v) is 9.71. The predicted octanol–water partition coefficient (Wildman–Crippen LogP) is 4.41. The Morgan fingerprint density at radius 1 is 1.37 bits per heavy atom. The molecule has 146 valence electrons. The van der Waals surface area contributed by atoms with Crippen LogP contribution < -0.4 is 4.74 Å². The van der Waals surface area contributed by atoms with Crippen molar-refractivity contribution in [1.29, 1.82) is 5.26 Å². The fraction of sp³-hybridized carbons (Fsp3) is 0.650. The number of ether oxygens (including phenoxy) is 2. The van der Waals surface area contributed by atoms with Gasteiger partial charge in [0.05, 0.1) is 18.6 Å². The molecular formula is C20H26ClN3O3. The summed E-state index contributed by atoms with van der Waals surface area (Å²) in [5.74, 6) is 0.713. The largest absolute Gasteiger partial charge is 0.481 e. The van der Waals surface area contributed by atoms with Crippen LogP contribution in [-0.2, 0) is 10.2 Å². The molecule has 0 N–H and O–H groups in total. The molecule has 0 spiro atoms. The van der Waals surface area contributed by atoms with Gasteiger partial charge >= 0.3 is 6.09 Å². The van der Waals surface area contributed by atoms with E-state index in [9.17, 15) is 10.1 Å². The molecule has 0 aromatic carbocycles. The summed E-state index contributed by atoms with van der Waals surface area (Å²) < 4.78 is 10.9. The second kappa shape index (κ2) is 7.20. The number of methoxy groups -OCH3 is 1. The second-order valence-electron chi connectivity index (χ2n) is 8.36. The van der Waals surface area contributed by atoms with Gasteiger partial charge in [-0.2, -0.15) is 5.26 Å². The lowest BCUT2D eigenvalue weighted by Crippen LogP contribution is -2.41. The van der Waals surface area contributed by atoms with Crippen molar-refractivity contribution in [3.8, 4) is 11.9 Å². The maximum atomic E-state index is 12.3. The third kappa shape index (κ3) is 4.14. The van der Waals surface area contributed by atoms with Crippen molar-refractivity contribution in [2.45, 2.75) is 63.4 Å². The Morgan fingerprint density at radius 2 is 2.00 bits per heavy atom. The maximum Gasteiger partial charge on any atom is 0.410 e. The average Bonchev–Trinajstić information content (AvgIpc) is 3.41. The number of pyridine rings is 1. The number of piperidine rings is 1. The molecule has 27 heavy (non-hydrogen) atoms. The summed E-state index contributed by atoms with van der Waals surface area (Å²) in [6.45, 7) is 6.83. The average molecular weight is 392 g/mol. The molecule has 0 atom stereocenters. The van der Waals surface area contributed by atoms with E-state index in [1.807, 2.05) is 26.8 Å². The SMILES string of the molecule is COc1nc(Cl)c(C2(C#N)CC2)cc1C1CCN(C(=O)OC(C)(C)C)CC1. The molecule has 3 rings (SSSR count). The summed E-state index contributed by atoms with van der Waals surface area (Å²) in [4.78, 5) is 18.4. The van der Waals surface area contributed by atoms with Crippen LogP contribution in [0.3, 0.4) is 0 Å². The van der Waals surface area contributed by atoms with Gasteiger partial charge in [0.1, 0.15) is 10.8 Å². The molecule has 1 aliphatic heterocycles. The lowest BCUT2D eigenvalue weighted by molar-refractivity contribution is 0.0204. The van der Waals surface area contributed by atoms with Gasteiger partial charge in [-0.25, -0.2) is 9.78 Å². The van der Waals surface area contributed by atoms with E-state index in [4.69, 9.17) is 21.1 Å². The van der Waals surface area contributed by atoms with E-state index < -0.39 is 11.0 Å². The minimum atomic E-state index is -0.498. The van der Waals surface area contributed by atoms with Crippen LogP contribution in [0.15, 0.2) is 6.07 Å². The number of carbonyl (C=O) groups is 1. The summed E-state index contributed by atoms with van der Waals surface area (Å²) in [7, 11) is 1.58. The van der Waals surface area contributed by atoms with Crippen molar-refractivity contribution in [2.24, 2.45) is 0 Å². The molecule has 0 unspecified atom stereocenters. The van der Waals surface area contributed by atoms with Gasteiger partial charge in [-0.1, -0.05) is 11.6 Å². The number of amides is 1. The third-order valence-electron chi connectivity index (χ3n) is 5.23. The molecule has 6 nitrogen and oxygen atoms in total. The van der Waals surface area contributed by atoms with Crippen LogP contribution in [-0.4, -0.2) is 41.8 Å². The molecule has 1 aliphatic carbocycles. The van der Waals surface area contributed by atoms with Crippen LogP contribution in [0.4, 0.5) is 4.79 Å². The first-order valence-electron chi connectivity index (χ1n) is 9.33. The number of nitriles is 1. The monoisotopic (exact) mass is 391 g/mol. The highest BCUT2D eigenvalue weighted by Gasteiger charge is 2.47. The molecule has 0 radical (unpaired) electrons. The van der Waals surface area contributed by atoms with Gasteiger partial charge in [-0.15, -0.1) is 0 Å². The zero-order valence-corrected chi connectivity index (χ0v) is 17.1. The molecule has 1 amide bonds. The molecule has 1 aromatic heterocycles. The molecule has 2 heterocycles. The minimum absolute atomic E-state index is 0.205. The fourth-order valence-corrected chi connectivity index (χ4v) is 3.86. The van der Waals surface area contributed by atoms with Crippen LogP contribution in [0.2, 0.25) is 5.15 Å². The number of likely N-dealkylation sites (tertiary alicyclic amines) is 1. The van der Waals surface area contributed by atoms with Crippen molar-refractivity contribution in [2.75, 3.05) is 20.2 Å². The number of rotatable bonds is 3. The number of hydrogen-bond acceptors (Lipinski definition) is 5. The van der Waals surface area contributed by atoms with E-state index in [1.54, 1.807) is 12.0 Å². The number of halogens is 1. The van der Waals surface area contributed by atoms with Gasteiger partial charge in [-0.05, 0) is 58.4 Å². The summed E-state index contributed by atoms with van der Waals surface area (Å²) in [5.41, 5.74) is 0.781. The van der Waals surface area contributed by atoms with Crippen LogP contribution in [0.25, 0.3) is 0 Å². The Morgan fingerprint density at radius 3 is 2.48 bits per heavy atom. The summed E-state index contributed by atoms with van der Waals surface area (Å²) >= 11 is 6.34. The molecule has 2 aliphatic rings. The normalized spacial score (nSPS) is 19.3. The third-order valence-corrected chi connectivity index (χ3v) is 5.52. The first kappa shape index (κ1) is 19.8. The highest BCUT2D eigenvalue weighted by Crippen LogP contribution is 2.51. The summed E-state index contributed by atoms with van der Waals surface area (Å²) in [5, 5.41) is 9.87. The van der Waals surface area contributed by atoms with Gasteiger partial charge in [0.15, 0.2) is 0 Å². The quantitative estimate of drug-likeness (QED) is 0.713. The Kier molecular flexibility index (Phi) is 5.27. The zero-order valence-electron chi connectivity index (χ0n) is 16.3. The highest BCUT2D eigenvalue weighted by molar-refractivity contribution is 6.30. The maximum absolute atomic E-state index is 12.3. The van der Waals surface area contributed by atoms with Crippen molar-refractivity contribution in [3.63, 3.8) is 0 Å². The van der Waals surface area contributed by atoms with Crippen molar-refractivity contribution in [1.82, 2.24) is 9.88 Å². The number of hydrogen-bond donors (Lipinski definition) is 0. The van der Waals surface area contributed by atoms with Gasteiger partial charge in [0.2, 0.25) is 5.88 Å². The number of aromatic nitrogens is 1. The van der Waals surface area contributed by atoms with Crippen molar-refractivity contribution >= 4 is 17.7 Å². The summed E-state index contributed by atoms with van der Waals surface area (Å²) in [6.07, 6.45) is 2.93. The van der Waals surface area contributed by atoms with Crippen molar-refractivity contribution in [3.05, 3.63) is 22.3 Å². The predicted molar refractivity (Wildman–Crippen MR) is 102 cm³/mol. The van der Waals surface area contributed by atoms with E-state index in [2.05, 4.69) is 11.1 Å². The number of carbonyl (C=O) groups excluding carboxylic acids is 1. The van der Waals surface area contributed by atoms with Gasteiger partial charge in [0, 0.05) is 24.2 Å². The second-order valence-corrected chi connectivity index (χ2v) is 8.72. The van der Waals surface area contributed by atoms with Crippen molar-refractivity contribution < 1.29 is 14.3 Å². The smallest absolute Gasteiger partial charge is 0.410 e. The van der Waals surface area contributed by atoms with E-state index in [-0.39, 0.29) is 12.0 Å². The van der Waals surface area contributed by atoms with E-state index in [0.717, 1.165) is 36.8 Å². The summed E-state index contributed by atoms with van der Waals surface area (Å²) in [6, 6.07) is 4.38. The van der Waals surface area contributed by atoms with Gasteiger partial charge < -0.3 is 14.4 Å². The standard InChI is InChI=1S/C20H26ClN3O3/c1-19(2,3)27-18(25)24-9-5-13(6-10-24)14-11-15(20(12-22)7-8-20)16(21)23-17(14)26-4/h11,13H,5-10H2,1-4H3. The van der Waals surface area contributed by atoms with E-state index in [1.165, 1.54) is 0 Å². The van der Waals surface area contributed by atoms with Gasteiger partial charge in [-0.3, -0.25) is 0 Å². The zero-order chi connectivity index (χ0) is 19.8. The molecule has 2 fully saturated rings. The minimum Gasteiger partial charge on any atom is -0.481 e. The highest BCUT2D eigenvalue weighted by atomic mass is 35.5. The molecule has 1 saturated carbocycles. The molecule has 0 bridgehead atoms. The van der Waals surface area contributed by atoms with Crippen LogP contribution >= 0.6 is 11.6 Å². The van der Waals surface area contributed by atoms with E-state index in [0.29, 0.717) is 24.1 Å². The van der Waals surface area contributed by atoms with E-state index >= 15 is 0 Å². The Bertz CT molecular complexity index is 770. The molecule has 7 heteroatoms. The van der Waals surface area contributed by atoms with Gasteiger partial charge in [0.25, 0.3) is 0 Å². The first-order chi connectivity index (χ1) is 12.7. The topological polar surface area (TPSA) is 75.5 Å². The lowest BCUT2D eigenvalue weighted by atomic mass is 9.87. The Balaban J connectivity index is 1.77. The molecular weight excluding hydrogens is 366 g/mol. The molecule has 1 aromatic rings. The van der Waals surface area contributed by atoms with Crippen LogP contribution in [0.5, 0.6) is 5.88 Å². The van der Waals surface area contributed by atoms with Crippen LogP contribution in [0, 0.1) is 11.3 Å². The lowest BCUT2D eigenvalue weighted by Gasteiger charge is -2.34. The Labute approximate surface area is 165 Å². The molecule has 1 saturated heterocycles. The number of nitrogens with zero attached hydrogens (tertiary/aromatic N) is 3. The van der Waals surface area contributed by atoms with Crippen LogP contribution in [0.1, 0.15) is 63.5 Å². The fourth-order valence-electron chi connectivity index (χ4n) is 3.55.